The van der Waals surface area contributed by atoms with Crippen LogP contribution in [0.5, 0.6) is 0 Å². The molecule has 1 rings (SSSR count). The third kappa shape index (κ3) is 1.84. The summed E-state index contributed by atoms with van der Waals surface area (Å²) in [4.78, 5) is 15.7. The number of halogens is 1. The number of rotatable bonds is 2. The van der Waals surface area contributed by atoms with E-state index in [0.29, 0.717) is 10.8 Å². The van der Waals surface area contributed by atoms with Gasteiger partial charge in [-0.25, -0.2) is 4.98 Å². The Morgan fingerprint density at radius 2 is 2.17 bits per heavy atom. The van der Waals surface area contributed by atoms with Crippen molar-refractivity contribution in [3.63, 3.8) is 0 Å². The van der Waals surface area contributed by atoms with Gasteiger partial charge in [-0.1, -0.05) is 13.8 Å². The predicted molar refractivity (Wildman–Crippen MR) is 51.1 cm³/mol. The fourth-order valence-electron chi connectivity index (χ4n) is 0.847. The molecule has 0 saturated heterocycles. The first-order valence-electron chi connectivity index (χ1n) is 3.69. The zero-order chi connectivity index (χ0) is 9.30. The molecule has 0 saturated carbocycles. The molecule has 12 heavy (non-hydrogen) atoms. The highest BCUT2D eigenvalue weighted by Crippen LogP contribution is 2.25. The molecule has 0 bridgehead atoms. The minimum absolute atomic E-state index is 0.360. The van der Waals surface area contributed by atoms with Gasteiger partial charge in [-0.15, -0.1) is 11.3 Å². The maximum absolute atomic E-state index is 10.8. The summed E-state index contributed by atoms with van der Waals surface area (Å²) in [5.74, 6) is 0.360. The molecule has 0 N–H and O–H groups in total. The summed E-state index contributed by atoms with van der Waals surface area (Å²) in [6.45, 7) is 5.89. The Bertz CT molecular complexity index is 306. The monoisotopic (exact) mass is 203 g/mol. The van der Waals surface area contributed by atoms with Crippen LogP contribution in [0.15, 0.2) is 0 Å². The van der Waals surface area contributed by atoms with Gasteiger partial charge in [0.05, 0.1) is 10.7 Å². The summed E-state index contributed by atoms with van der Waals surface area (Å²) < 4.78 is 0. The normalized spacial score (nSPS) is 10.8. The van der Waals surface area contributed by atoms with Gasteiger partial charge in [-0.2, -0.15) is 0 Å². The molecule has 1 heterocycles. The number of aryl methyl sites for hydroxylation is 1. The number of hydrogen-bond acceptors (Lipinski definition) is 3. The summed E-state index contributed by atoms with van der Waals surface area (Å²) in [5, 5.41) is 0.563. The smallest absolute Gasteiger partial charge is 0.264 e. The third-order valence-electron chi connectivity index (χ3n) is 1.49. The van der Waals surface area contributed by atoms with Crippen molar-refractivity contribution in [1.29, 1.82) is 0 Å². The van der Waals surface area contributed by atoms with Gasteiger partial charge in [0.25, 0.3) is 5.24 Å². The van der Waals surface area contributed by atoms with Crippen molar-refractivity contribution in [3.8, 4) is 0 Å². The molecule has 0 amide bonds. The average Bonchev–Trinajstić information content (AvgIpc) is 2.30. The third-order valence-corrected chi connectivity index (χ3v) is 3.24. The minimum atomic E-state index is -0.406. The van der Waals surface area contributed by atoms with E-state index in [1.54, 1.807) is 6.92 Å². The number of thiazole rings is 1. The molecular formula is C8H10ClNOS. The van der Waals surface area contributed by atoms with Crippen molar-refractivity contribution in [1.82, 2.24) is 4.98 Å². The van der Waals surface area contributed by atoms with Crippen LogP contribution in [0, 0.1) is 6.92 Å². The van der Waals surface area contributed by atoms with Crippen LogP contribution >= 0.6 is 22.9 Å². The topological polar surface area (TPSA) is 30.0 Å². The highest BCUT2D eigenvalue weighted by atomic mass is 35.5. The van der Waals surface area contributed by atoms with E-state index in [1.807, 2.05) is 13.8 Å². The van der Waals surface area contributed by atoms with Gasteiger partial charge in [0.15, 0.2) is 0 Å². The standard InChI is InChI=1S/C8H10ClNOS/c1-4(2)8-10-5(3)6(12-8)7(9)11/h4H,1-3H3. The molecule has 0 aromatic carbocycles. The molecule has 1 aromatic rings. The molecule has 0 aliphatic rings. The van der Waals surface area contributed by atoms with Gasteiger partial charge in [0.2, 0.25) is 0 Å². The van der Waals surface area contributed by atoms with Crippen LogP contribution < -0.4 is 0 Å². The number of aromatic nitrogens is 1. The Morgan fingerprint density at radius 3 is 2.42 bits per heavy atom. The van der Waals surface area contributed by atoms with Crippen LogP contribution in [0.1, 0.15) is 40.1 Å². The molecule has 0 aliphatic heterocycles. The number of carbonyl (C=O) groups is 1. The average molecular weight is 204 g/mol. The van der Waals surface area contributed by atoms with Crippen LogP contribution in [-0.2, 0) is 0 Å². The van der Waals surface area contributed by atoms with Gasteiger partial charge in [-0.3, -0.25) is 4.79 Å². The van der Waals surface area contributed by atoms with E-state index >= 15 is 0 Å². The van der Waals surface area contributed by atoms with E-state index in [9.17, 15) is 4.79 Å². The summed E-state index contributed by atoms with van der Waals surface area (Å²) in [6.07, 6.45) is 0. The van der Waals surface area contributed by atoms with Gasteiger partial charge < -0.3 is 0 Å². The van der Waals surface area contributed by atoms with E-state index in [4.69, 9.17) is 11.6 Å². The number of carbonyl (C=O) groups excluding carboxylic acids is 1. The van der Waals surface area contributed by atoms with E-state index in [1.165, 1.54) is 11.3 Å². The molecule has 2 nitrogen and oxygen atoms in total. The Kier molecular flexibility index (Phi) is 2.85. The molecule has 0 spiro atoms. The fourth-order valence-corrected chi connectivity index (χ4v) is 2.00. The zero-order valence-corrected chi connectivity index (χ0v) is 8.79. The first-order chi connectivity index (χ1) is 5.52. The molecule has 0 fully saturated rings. The van der Waals surface area contributed by atoms with E-state index in [-0.39, 0.29) is 0 Å². The van der Waals surface area contributed by atoms with Crippen LogP contribution in [0.25, 0.3) is 0 Å². The molecular weight excluding hydrogens is 194 g/mol. The quantitative estimate of drug-likeness (QED) is 0.692. The van der Waals surface area contributed by atoms with E-state index in [2.05, 4.69) is 4.98 Å². The molecule has 1 aromatic heterocycles. The predicted octanol–water partition coefficient (Wildman–Crippen LogP) is 2.95. The van der Waals surface area contributed by atoms with E-state index < -0.39 is 5.24 Å². The second-order valence-corrected chi connectivity index (χ2v) is 4.27. The van der Waals surface area contributed by atoms with Crippen molar-refractivity contribution in [2.45, 2.75) is 26.7 Å². The highest BCUT2D eigenvalue weighted by Gasteiger charge is 2.14. The van der Waals surface area contributed by atoms with Crippen LogP contribution in [0.4, 0.5) is 0 Å². The summed E-state index contributed by atoms with van der Waals surface area (Å²) >= 11 is 6.74. The molecule has 4 heteroatoms. The van der Waals surface area contributed by atoms with Crippen molar-refractivity contribution in [2.75, 3.05) is 0 Å². The summed E-state index contributed by atoms with van der Waals surface area (Å²) in [7, 11) is 0. The van der Waals surface area contributed by atoms with Gasteiger partial charge in [0.1, 0.15) is 4.88 Å². The lowest BCUT2D eigenvalue weighted by Gasteiger charge is -1.94. The minimum Gasteiger partial charge on any atom is -0.275 e. The van der Waals surface area contributed by atoms with Crippen molar-refractivity contribution in [2.24, 2.45) is 0 Å². The van der Waals surface area contributed by atoms with Crippen LogP contribution in [0.3, 0.4) is 0 Å². The molecule has 0 aliphatic carbocycles. The lowest BCUT2D eigenvalue weighted by molar-refractivity contribution is 0.108. The molecule has 0 radical (unpaired) electrons. The number of hydrogen-bond donors (Lipinski definition) is 0. The van der Waals surface area contributed by atoms with Crippen LogP contribution in [0.2, 0.25) is 0 Å². The highest BCUT2D eigenvalue weighted by molar-refractivity contribution is 7.15. The summed E-state index contributed by atoms with van der Waals surface area (Å²) in [6, 6.07) is 0. The Morgan fingerprint density at radius 1 is 1.58 bits per heavy atom. The Balaban J connectivity index is 3.09. The Labute approximate surface area is 80.6 Å². The lowest BCUT2D eigenvalue weighted by atomic mass is 10.2. The maximum atomic E-state index is 10.8. The second-order valence-electron chi connectivity index (χ2n) is 2.90. The van der Waals surface area contributed by atoms with Gasteiger partial charge >= 0.3 is 0 Å². The second kappa shape index (κ2) is 3.54. The van der Waals surface area contributed by atoms with Crippen molar-refractivity contribution < 1.29 is 4.79 Å². The molecule has 66 valence electrons. The first-order valence-corrected chi connectivity index (χ1v) is 4.89. The van der Waals surface area contributed by atoms with E-state index in [0.717, 1.165) is 10.7 Å². The van der Waals surface area contributed by atoms with Crippen molar-refractivity contribution in [3.05, 3.63) is 15.6 Å². The molecule has 0 unspecified atom stereocenters. The largest absolute Gasteiger partial charge is 0.275 e. The zero-order valence-electron chi connectivity index (χ0n) is 7.22. The number of nitrogens with zero attached hydrogens (tertiary/aromatic N) is 1. The Hall–Kier alpha value is -0.410. The SMILES string of the molecule is Cc1nc(C(C)C)sc1C(=O)Cl. The molecule has 0 atom stereocenters. The fraction of sp³-hybridized carbons (Fsp3) is 0.500. The maximum Gasteiger partial charge on any atom is 0.264 e. The van der Waals surface area contributed by atoms with Crippen LogP contribution in [-0.4, -0.2) is 10.2 Å². The lowest BCUT2D eigenvalue weighted by Crippen LogP contribution is -1.86. The summed E-state index contributed by atoms with van der Waals surface area (Å²) in [5.41, 5.74) is 0.740. The van der Waals surface area contributed by atoms with Gasteiger partial charge in [-0.05, 0) is 18.5 Å². The van der Waals surface area contributed by atoms with Gasteiger partial charge in [0, 0.05) is 5.92 Å². The van der Waals surface area contributed by atoms with Crippen molar-refractivity contribution >= 4 is 28.2 Å². The first kappa shape index (κ1) is 9.68.